The molecule has 17 nitrogen and oxygen atoms in total. The van der Waals surface area contributed by atoms with E-state index in [2.05, 4.69) is 41.3 Å². The zero-order valence-corrected chi connectivity index (χ0v) is 47.2. The van der Waals surface area contributed by atoms with Gasteiger partial charge in [0.25, 0.3) is 0 Å². The van der Waals surface area contributed by atoms with Gasteiger partial charge in [0, 0.05) is 67.7 Å². The zero-order chi connectivity index (χ0) is 57.1. The fourth-order valence-electron chi connectivity index (χ4n) is 13.4. The minimum atomic E-state index is -0.934. The van der Waals surface area contributed by atoms with E-state index in [-0.39, 0.29) is 114 Å². The fourth-order valence-corrected chi connectivity index (χ4v) is 14.2. The number of terminal acetylenes is 1. The largest absolute Gasteiger partial charge is 0.508 e. The first-order chi connectivity index (χ1) is 38.8. The van der Waals surface area contributed by atoms with Crippen LogP contribution < -0.4 is 20.3 Å². The molecule has 0 saturated carbocycles. The standard InChI is InChI=1S/C61H70F2N10O7S/c1-7-44-47(62)19-15-38-24-42(75)25-45(50(38)44)52-51(63)53-46(27-64-52)56(70-28-39-16-17-40(29-70)67-39)69-59(68-53)80-32-61(31-74)21-9-23-71(61)22-8-10-41-18-20-49(77)73(41)55(60(4,5)6)58(79)72-30-43(76)26-48(72)57(78)66-34(2)36-11-13-37(14-12-36)54-35(3)65-33-81-54/h1,11-15,19,24-25,27,33-34,39-41,43,48,55,67,74-76H,8-10,16-18,20-23,26,28-32H2,2-6H3,(H,66,78)/t34-,39?,40?,41-,43+,48-,55+,61+/m0/s1. The number of fused-ring (bicyclic) bond motifs is 4. The number of likely N-dealkylation sites (tertiary alicyclic amines) is 3. The van der Waals surface area contributed by atoms with E-state index < -0.39 is 40.8 Å². The molecule has 20 heteroatoms. The smallest absolute Gasteiger partial charge is 0.319 e. The molecule has 5 fully saturated rings. The van der Waals surface area contributed by atoms with Gasteiger partial charge in [-0.2, -0.15) is 9.97 Å². The van der Waals surface area contributed by atoms with Crippen LogP contribution in [0.4, 0.5) is 14.6 Å². The number of β-amino-alcohol motifs (C(OH)–C–C–N with tert-alkyl or cyclic N) is 1. The minimum Gasteiger partial charge on any atom is -0.508 e. The fraction of sp³-hybridized carbons (Fsp3) is 0.492. The Morgan fingerprint density at radius 2 is 1.81 bits per heavy atom. The zero-order valence-electron chi connectivity index (χ0n) is 46.4. The molecule has 0 radical (unpaired) electrons. The second kappa shape index (κ2) is 22.5. The Hall–Kier alpha value is -6.89. The maximum Gasteiger partial charge on any atom is 0.319 e. The minimum absolute atomic E-state index is 0.0217. The van der Waals surface area contributed by atoms with Crippen molar-refractivity contribution in [1.29, 1.82) is 0 Å². The Morgan fingerprint density at radius 3 is 2.52 bits per heavy atom. The molecule has 2 bridgehead atoms. The SMILES string of the molecule is C#Cc1c(F)ccc2cc(O)cc(-c3ncc4c(N5CC6CCC(C5)N6)nc(OC[C@]5(CO)CCCN5CCC[C@H]5CCC(=O)N5[C@H](C(=O)N5C[C@H](O)C[C@H]5C(=O)N[C@@H](C)c5ccc(-c6scnc6C)cc5)C(C)(C)C)nc4c3F)c12. The number of amides is 3. The highest BCUT2D eigenvalue weighted by Gasteiger charge is 2.51. The maximum atomic E-state index is 17.4. The summed E-state index contributed by atoms with van der Waals surface area (Å²) in [4.78, 5) is 70.2. The number of anilines is 1. The van der Waals surface area contributed by atoms with Crippen LogP contribution in [0.15, 0.2) is 60.2 Å². The van der Waals surface area contributed by atoms with Crippen molar-refractivity contribution in [3.8, 4) is 45.8 Å². The number of nitrogens with one attached hydrogen (secondary N) is 2. The Balaban J connectivity index is 0.798. The highest BCUT2D eigenvalue weighted by Crippen LogP contribution is 2.41. The number of pyridine rings is 1. The Labute approximate surface area is 474 Å². The van der Waals surface area contributed by atoms with E-state index in [0.717, 1.165) is 41.0 Å². The van der Waals surface area contributed by atoms with E-state index in [0.29, 0.717) is 68.5 Å². The maximum absolute atomic E-state index is 17.4. The summed E-state index contributed by atoms with van der Waals surface area (Å²) >= 11 is 1.57. The lowest BCUT2D eigenvalue weighted by molar-refractivity contribution is -0.152. The lowest BCUT2D eigenvalue weighted by Gasteiger charge is -2.43. The van der Waals surface area contributed by atoms with Crippen LogP contribution in [-0.2, 0) is 14.4 Å². The molecule has 5 saturated heterocycles. The molecule has 0 aliphatic carbocycles. The molecular formula is C61H70F2N10O7S. The molecule has 5 aliphatic heterocycles. The predicted octanol–water partition coefficient (Wildman–Crippen LogP) is 7.41. The van der Waals surface area contributed by atoms with Crippen LogP contribution in [0.5, 0.6) is 11.8 Å². The number of nitrogens with zero attached hydrogens (tertiary/aromatic N) is 8. The van der Waals surface area contributed by atoms with E-state index in [1.54, 1.807) is 16.2 Å². The van der Waals surface area contributed by atoms with Gasteiger partial charge in [-0.15, -0.1) is 17.8 Å². The lowest BCUT2D eigenvalue weighted by Crippen LogP contribution is -2.59. The molecule has 11 rings (SSSR count). The summed E-state index contributed by atoms with van der Waals surface area (Å²) < 4.78 is 39.0. The van der Waals surface area contributed by atoms with Gasteiger partial charge in [0.05, 0.1) is 51.3 Å². The first-order valence-corrected chi connectivity index (χ1v) is 29.1. The number of aromatic nitrogens is 4. The third-order valence-corrected chi connectivity index (χ3v) is 18.4. The summed E-state index contributed by atoms with van der Waals surface area (Å²) in [6.45, 7) is 11.7. The van der Waals surface area contributed by atoms with Crippen molar-refractivity contribution in [3.05, 3.63) is 88.7 Å². The molecule has 5 aliphatic rings. The number of phenolic OH excluding ortho intramolecular Hbond substituents is 1. The molecule has 8 atom stereocenters. The highest BCUT2D eigenvalue weighted by molar-refractivity contribution is 7.13. The summed E-state index contributed by atoms with van der Waals surface area (Å²) in [5.41, 5.74) is 2.83. The topological polar surface area (TPSA) is 210 Å². The molecule has 81 heavy (non-hydrogen) atoms. The number of thiazole rings is 1. The normalized spacial score (nSPS) is 23.9. The first-order valence-electron chi connectivity index (χ1n) is 28.2. The van der Waals surface area contributed by atoms with Crippen molar-refractivity contribution in [2.24, 2.45) is 5.41 Å². The van der Waals surface area contributed by atoms with Crippen LogP contribution in [-0.4, -0.2) is 155 Å². The molecule has 3 amide bonds. The van der Waals surface area contributed by atoms with E-state index >= 15 is 8.78 Å². The molecule has 3 aromatic heterocycles. The van der Waals surface area contributed by atoms with Gasteiger partial charge < -0.3 is 45.4 Å². The number of ether oxygens (including phenoxy) is 1. The summed E-state index contributed by atoms with van der Waals surface area (Å²) in [6, 6.07) is 11.2. The molecule has 2 unspecified atom stereocenters. The van der Waals surface area contributed by atoms with Crippen molar-refractivity contribution in [3.63, 3.8) is 0 Å². The van der Waals surface area contributed by atoms with Crippen molar-refractivity contribution < 1.29 is 43.2 Å². The van der Waals surface area contributed by atoms with Gasteiger partial charge in [0.1, 0.15) is 47.3 Å². The number of aromatic hydroxyl groups is 1. The van der Waals surface area contributed by atoms with Gasteiger partial charge in [-0.1, -0.05) is 57.0 Å². The number of hydrogen-bond donors (Lipinski definition) is 5. The second-order valence-corrected chi connectivity index (χ2v) is 24.7. The number of aryl methyl sites for hydroxylation is 1. The number of carbonyl (C=O) groups is 3. The van der Waals surface area contributed by atoms with Crippen LogP contribution in [0.25, 0.3) is 43.4 Å². The third-order valence-electron chi connectivity index (χ3n) is 17.4. The van der Waals surface area contributed by atoms with Crippen molar-refractivity contribution >= 4 is 56.6 Å². The van der Waals surface area contributed by atoms with Crippen LogP contribution in [0, 0.1) is 36.3 Å². The van der Waals surface area contributed by atoms with E-state index in [4.69, 9.17) is 16.1 Å². The summed E-state index contributed by atoms with van der Waals surface area (Å²) in [5.74, 6) is 0.263. The number of hydrogen-bond acceptors (Lipinski definition) is 15. The van der Waals surface area contributed by atoms with Gasteiger partial charge in [0.2, 0.25) is 17.7 Å². The molecule has 426 valence electrons. The summed E-state index contributed by atoms with van der Waals surface area (Å²) in [5, 5.41) is 40.7. The van der Waals surface area contributed by atoms with Crippen LogP contribution in [0.1, 0.15) is 108 Å². The highest BCUT2D eigenvalue weighted by atomic mass is 32.1. The van der Waals surface area contributed by atoms with Crippen molar-refractivity contribution in [2.45, 2.75) is 140 Å². The van der Waals surface area contributed by atoms with E-state index in [9.17, 15) is 29.7 Å². The second-order valence-electron chi connectivity index (χ2n) is 23.9. The van der Waals surface area contributed by atoms with Crippen LogP contribution in [0.2, 0.25) is 0 Å². The molecule has 0 spiro atoms. The van der Waals surface area contributed by atoms with Gasteiger partial charge in [-0.3, -0.25) is 24.3 Å². The number of halogens is 2. The summed E-state index contributed by atoms with van der Waals surface area (Å²) in [7, 11) is 0. The molecular weight excluding hydrogens is 1050 g/mol. The Kier molecular flexibility index (Phi) is 15.5. The number of aliphatic hydroxyl groups excluding tert-OH is 2. The Bertz CT molecular complexity index is 3430. The van der Waals surface area contributed by atoms with Crippen molar-refractivity contribution in [2.75, 3.05) is 50.8 Å². The number of benzene rings is 3. The summed E-state index contributed by atoms with van der Waals surface area (Å²) in [6.07, 6.45) is 11.8. The van der Waals surface area contributed by atoms with Gasteiger partial charge in [0.15, 0.2) is 5.82 Å². The average molecular weight is 1130 g/mol. The molecule has 6 aromatic rings. The van der Waals surface area contributed by atoms with Gasteiger partial charge in [-0.05, 0) is 112 Å². The molecule has 3 aromatic carbocycles. The average Bonchev–Trinajstić information content (AvgIpc) is 4.29. The van der Waals surface area contributed by atoms with E-state index in [1.807, 2.05) is 64.4 Å². The van der Waals surface area contributed by atoms with Crippen molar-refractivity contribution in [1.82, 2.24) is 45.3 Å². The quantitative estimate of drug-likeness (QED) is 0.0598. The van der Waals surface area contributed by atoms with Gasteiger partial charge in [-0.25, -0.2) is 13.8 Å². The third kappa shape index (κ3) is 10.8. The number of aliphatic hydroxyl groups is 2. The number of carbonyl (C=O) groups excluding carboxylic acids is 3. The lowest BCUT2D eigenvalue weighted by atomic mass is 9.83. The number of rotatable bonds is 16. The van der Waals surface area contributed by atoms with Crippen LogP contribution >= 0.6 is 11.3 Å². The molecule has 8 heterocycles. The first kappa shape index (κ1) is 56.0. The van der Waals surface area contributed by atoms with Gasteiger partial charge >= 0.3 is 6.01 Å². The van der Waals surface area contributed by atoms with E-state index in [1.165, 1.54) is 35.4 Å². The Morgan fingerprint density at radius 1 is 1.05 bits per heavy atom. The monoisotopic (exact) mass is 1120 g/mol. The molecule has 5 N–H and O–H groups in total. The number of phenols is 1. The number of piperazine rings is 1. The predicted molar refractivity (Wildman–Crippen MR) is 305 cm³/mol. The van der Waals surface area contributed by atoms with Crippen LogP contribution in [0.3, 0.4) is 0 Å².